The van der Waals surface area contributed by atoms with E-state index in [1.807, 2.05) is 0 Å². The maximum Gasteiger partial charge on any atom is 0.337 e. The summed E-state index contributed by atoms with van der Waals surface area (Å²) in [6, 6.07) is 0. The van der Waals surface area contributed by atoms with E-state index in [0.29, 0.717) is 0 Å². The third-order valence-electron chi connectivity index (χ3n) is 2.09. The summed E-state index contributed by atoms with van der Waals surface area (Å²) in [5, 5.41) is 0. The largest absolute Gasteiger partial charge is 0.466 e. The molecule has 0 N–H and O–H groups in total. The van der Waals surface area contributed by atoms with Crippen molar-refractivity contribution >= 4 is 78.5 Å². The molecule has 0 saturated carbocycles. The third kappa shape index (κ3) is 4.45. The van der Waals surface area contributed by atoms with E-state index in [4.69, 9.17) is 0 Å². The Kier molecular flexibility index (Phi) is 7.91. The Bertz CT molecular complexity index is 547. The molecule has 0 amide bonds. The van der Waals surface area contributed by atoms with Gasteiger partial charge in [0.25, 0.3) is 0 Å². The predicted octanol–water partition coefficient (Wildman–Crippen LogP) is -0.740. The van der Waals surface area contributed by atoms with Crippen LogP contribution in [0.2, 0.25) is 0 Å². The SMILES string of the molecule is COC(=O)C1=CC(=S(=O)=O)CC(C(=O)OC)=C1.[K]. The summed E-state index contributed by atoms with van der Waals surface area (Å²) < 4.78 is 30.6. The number of allylic oxidation sites excluding steroid dienone is 1. The first-order chi connectivity index (χ1) is 7.99. The van der Waals surface area contributed by atoms with Crippen molar-refractivity contribution in [3.05, 3.63) is 23.3 Å². The molecule has 1 aliphatic carbocycles. The molecule has 1 aliphatic rings. The van der Waals surface area contributed by atoms with Gasteiger partial charge in [-0.05, 0) is 12.2 Å². The summed E-state index contributed by atoms with van der Waals surface area (Å²) in [4.78, 5) is 22.5. The van der Waals surface area contributed by atoms with E-state index >= 15 is 0 Å². The van der Waals surface area contributed by atoms with Crippen molar-refractivity contribution in [1.82, 2.24) is 0 Å². The van der Waals surface area contributed by atoms with Crippen LogP contribution in [0.4, 0.5) is 0 Å². The second-order valence-corrected chi connectivity index (χ2v) is 4.12. The molecule has 0 atom stereocenters. The molecule has 0 unspecified atom stereocenters. The average Bonchev–Trinajstić information content (AvgIpc) is 2.36. The van der Waals surface area contributed by atoms with Crippen molar-refractivity contribution < 1.29 is 27.5 Å². The number of rotatable bonds is 2. The summed E-state index contributed by atoms with van der Waals surface area (Å²) in [6.07, 6.45) is 2.33. The molecule has 93 valence electrons. The van der Waals surface area contributed by atoms with Gasteiger partial charge in [0.2, 0.25) is 10.3 Å². The Labute approximate surface area is 148 Å². The first kappa shape index (κ1) is 17.7. The number of ether oxygens (including phenoxy) is 2. The molecule has 0 spiro atoms. The van der Waals surface area contributed by atoms with E-state index < -0.39 is 22.2 Å². The van der Waals surface area contributed by atoms with Crippen LogP contribution in [-0.4, -0.2) is 90.8 Å². The minimum atomic E-state index is -2.50. The predicted molar refractivity (Wildman–Crippen MR) is 64.5 cm³/mol. The van der Waals surface area contributed by atoms with E-state index in [1.54, 1.807) is 0 Å². The number of esters is 2. The van der Waals surface area contributed by atoms with Gasteiger partial charge in [-0.1, -0.05) is 0 Å². The molecule has 0 bridgehead atoms. The quantitative estimate of drug-likeness (QED) is 0.379. The minimum absolute atomic E-state index is 0. The zero-order valence-corrected chi connectivity index (χ0v) is 14.2. The molecule has 0 aromatic rings. The van der Waals surface area contributed by atoms with Gasteiger partial charge in [-0.3, -0.25) is 0 Å². The Balaban J connectivity index is 0.00000289. The Hall–Kier alpha value is -0.254. The third-order valence-corrected chi connectivity index (χ3v) is 2.78. The van der Waals surface area contributed by atoms with Gasteiger partial charge in [0, 0.05) is 63.4 Å². The first-order valence-electron chi connectivity index (χ1n) is 4.53. The van der Waals surface area contributed by atoms with Gasteiger partial charge in [0.1, 0.15) is 0 Å². The molecular weight excluding hydrogens is 287 g/mol. The standard InChI is InChI=1S/C10H10O6S.K/c1-15-9(11)6-3-7(10(12)16-2)5-8(4-6)17(13)14;/h3-4H,5H2,1-2H3;. The minimum Gasteiger partial charge on any atom is -0.466 e. The van der Waals surface area contributed by atoms with E-state index in [1.165, 1.54) is 19.3 Å². The maximum absolute atomic E-state index is 11.3. The Morgan fingerprint density at radius 1 is 1.11 bits per heavy atom. The fraction of sp³-hybridized carbons (Fsp3) is 0.300. The van der Waals surface area contributed by atoms with Crippen LogP contribution < -0.4 is 0 Å². The van der Waals surface area contributed by atoms with Crippen molar-refractivity contribution in [3.63, 3.8) is 0 Å². The van der Waals surface area contributed by atoms with Gasteiger partial charge in [0.15, 0.2) is 0 Å². The van der Waals surface area contributed by atoms with Crippen LogP contribution >= 0.6 is 0 Å². The normalized spacial score (nSPS) is 13.8. The van der Waals surface area contributed by atoms with E-state index in [-0.39, 0.29) is 73.8 Å². The van der Waals surface area contributed by atoms with Crippen LogP contribution in [0.25, 0.3) is 0 Å². The number of carbonyl (C=O) groups is 2. The molecule has 0 aliphatic heterocycles. The Morgan fingerprint density at radius 2 is 1.67 bits per heavy atom. The molecule has 0 aromatic carbocycles. The van der Waals surface area contributed by atoms with Crippen LogP contribution in [0, 0.1) is 0 Å². The van der Waals surface area contributed by atoms with E-state index in [2.05, 4.69) is 9.47 Å². The second kappa shape index (κ2) is 8.03. The van der Waals surface area contributed by atoms with Gasteiger partial charge < -0.3 is 9.47 Å². The van der Waals surface area contributed by atoms with Crippen LogP contribution in [0.1, 0.15) is 6.42 Å². The number of carbonyl (C=O) groups excluding carboxylic acids is 2. The van der Waals surface area contributed by atoms with Gasteiger partial charge in [-0.25, -0.2) is 9.59 Å². The molecule has 8 heteroatoms. The number of hydrogen-bond donors (Lipinski definition) is 0. The first-order valence-corrected chi connectivity index (χ1v) is 5.61. The molecular formula is C10H10KO6S. The van der Waals surface area contributed by atoms with Gasteiger partial charge in [0.05, 0.1) is 24.7 Å². The van der Waals surface area contributed by atoms with Crippen molar-refractivity contribution in [1.29, 1.82) is 0 Å². The average molecular weight is 297 g/mol. The van der Waals surface area contributed by atoms with Crippen molar-refractivity contribution in [2.24, 2.45) is 0 Å². The monoisotopic (exact) mass is 297 g/mol. The molecule has 1 rings (SSSR count). The van der Waals surface area contributed by atoms with Crippen molar-refractivity contribution in [3.8, 4) is 0 Å². The summed E-state index contributed by atoms with van der Waals surface area (Å²) in [5.41, 5.74) is 0.0907. The van der Waals surface area contributed by atoms with Crippen LogP contribution in [-0.2, 0) is 29.4 Å². The maximum atomic E-state index is 11.3. The van der Waals surface area contributed by atoms with Crippen LogP contribution in [0.5, 0.6) is 0 Å². The van der Waals surface area contributed by atoms with Gasteiger partial charge in [-0.15, -0.1) is 0 Å². The zero-order chi connectivity index (χ0) is 13.0. The molecule has 0 saturated heterocycles. The zero-order valence-electron chi connectivity index (χ0n) is 10.2. The molecule has 1 radical (unpaired) electrons. The van der Waals surface area contributed by atoms with E-state index in [9.17, 15) is 18.0 Å². The number of methoxy groups -OCH3 is 2. The molecule has 18 heavy (non-hydrogen) atoms. The molecule has 0 heterocycles. The van der Waals surface area contributed by atoms with Gasteiger partial charge in [-0.2, -0.15) is 8.42 Å². The van der Waals surface area contributed by atoms with Crippen LogP contribution in [0.15, 0.2) is 23.3 Å². The molecule has 6 nitrogen and oxygen atoms in total. The van der Waals surface area contributed by atoms with Crippen LogP contribution in [0.3, 0.4) is 0 Å². The summed E-state index contributed by atoms with van der Waals surface area (Å²) >= 11 is 0. The number of hydrogen-bond acceptors (Lipinski definition) is 6. The smallest absolute Gasteiger partial charge is 0.337 e. The summed E-state index contributed by atoms with van der Waals surface area (Å²) in [5.74, 6) is -1.39. The summed E-state index contributed by atoms with van der Waals surface area (Å²) in [7, 11) is -0.159. The molecule has 0 aromatic heterocycles. The second-order valence-electron chi connectivity index (χ2n) is 3.13. The molecule has 0 fully saturated rings. The Morgan fingerprint density at radius 3 is 2.11 bits per heavy atom. The topological polar surface area (TPSA) is 86.7 Å². The fourth-order valence-electron chi connectivity index (χ4n) is 1.30. The van der Waals surface area contributed by atoms with E-state index in [0.717, 1.165) is 7.11 Å². The van der Waals surface area contributed by atoms with Crippen molar-refractivity contribution in [2.75, 3.05) is 14.2 Å². The van der Waals surface area contributed by atoms with Gasteiger partial charge >= 0.3 is 11.9 Å². The fourth-order valence-corrected chi connectivity index (χ4v) is 1.79. The van der Waals surface area contributed by atoms with Crippen molar-refractivity contribution in [2.45, 2.75) is 6.42 Å². The summed E-state index contributed by atoms with van der Waals surface area (Å²) in [6.45, 7) is 0.